The van der Waals surface area contributed by atoms with E-state index in [-0.39, 0.29) is 29.7 Å². The first kappa shape index (κ1) is 18.9. The van der Waals surface area contributed by atoms with Crippen molar-refractivity contribution in [2.24, 2.45) is 0 Å². The van der Waals surface area contributed by atoms with Crippen LogP contribution in [0.25, 0.3) is 11.4 Å². The van der Waals surface area contributed by atoms with E-state index < -0.39 is 10.0 Å². The molecule has 2 heterocycles. The summed E-state index contributed by atoms with van der Waals surface area (Å²) in [5, 5.41) is 4.88. The second-order valence-electron chi connectivity index (χ2n) is 6.52. The van der Waals surface area contributed by atoms with Crippen molar-refractivity contribution in [2.75, 3.05) is 6.54 Å². The van der Waals surface area contributed by atoms with E-state index in [9.17, 15) is 13.2 Å². The van der Waals surface area contributed by atoms with Crippen LogP contribution in [0.3, 0.4) is 0 Å². The van der Waals surface area contributed by atoms with Gasteiger partial charge in [0.1, 0.15) is 0 Å². The normalized spacial score (nSPS) is 14.3. The average molecular weight is 420 g/mol. The number of hydrogen-bond donors (Lipinski definition) is 1. The SMILES string of the molecule is O=c1n(CCNS(=O)(=O)c2ccc(Cl)cc2)nc(-c2cccnc2)n1C1CC1. The smallest absolute Gasteiger partial charge is 0.272 e. The van der Waals surface area contributed by atoms with Crippen LogP contribution in [0, 0.1) is 0 Å². The van der Waals surface area contributed by atoms with Gasteiger partial charge in [-0.1, -0.05) is 11.6 Å². The van der Waals surface area contributed by atoms with E-state index in [0.717, 1.165) is 18.4 Å². The molecule has 0 aliphatic heterocycles. The molecule has 0 spiro atoms. The van der Waals surface area contributed by atoms with Crippen molar-refractivity contribution in [3.8, 4) is 11.4 Å². The molecule has 146 valence electrons. The standard InChI is InChI=1S/C18H18ClN5O3S/c19-14-3-7-16(8-4-14)28(26,27)21-10-11-23-18(25)24(15-5-6-15)17(22-23)13-2-1-9-20-12-13/h1-4,7-9,12,15,21H,5-6,10-11H2. The lowest BCUT2D eigenvalue weighted by atomic mass is 10.3. The molecule has 4 rings (SSSR count). The zero-order chi connectivity index (χ0) is 19.7. The number of nitrogens with one attached hydrogen (secondary N) is 1. The molecule has 28 heavy (non-hydrogen) atoms. The molecule has 1 aliphatic rings. The lowest BCUT2D eigenvalue weighted by Crippen LogP contribution is -2.32. The van der Waals surface area contributed by atoms with Crippen molar-refractivity contribution < 1.29 is 8.42 Å². The summed E-state index contributed by atoms with van der Waals surface area (Å²) in [6.45, 7) is 0.164. The maximum Gasteiger partial charge on any atom is 0.346 e. The van der Waals surface area contributed by atoms with Gasteiger partial charge in [-0.25, -0.2) is 22.6 Å². The highest BCUT2D eigenvalue weighted by atomic mass is 35.5. The summed E-state index contributed by atoms with van der Waals surface area (Å²) in [6.07, 6.45) is 5.18. The summed E-state index contributed by atoms with van der Waals surface area (Å²) >= 11 is 5.79. The molecule has 0 saturated heterocycles. The van der Waals surface area contributed by atoms with Crippen LogP contribution in [0.15, 0.2) is 58.5 Å². The van der Waals surface area contributed by atoms with Gasteiger partial charge in [0.2, 0.25) is 10.0 Å². The number of benzene rings is 1. The van der Waals surface area contributed by atoms with Crippen LogP contribution < -0.4 is 10.4 Å². The Hall–Kier alpha value is -2.49. The van der Waals surface area contributed by atoms with Crippen LogP contribution in [0.4, 0.5) is 0 Å². The van der Waals surface area contributed by atoms with Crippen LogP contribution in [0.2, 0.25) is 5.02 Å². The van der Waals surface area contributed by atoms with Crippen LogP contribution in [-0.4, -0.2) is 34.3 Å². The Balaban J connectivity index is 1.53. The average Bonchev–Trinajstić information content (AvgIpc) is 3.47. The quantitative estimate of drug-likeness (QED) is 0.632. The molecule has 1 aromatic carbocycles. The molecule has 1 fully saturated rings. The van der Waals surface area contributed by atoms with E-state index in [2.05, 4.69) is 14.8 Å². The van der Waals surface area contributed by atoms with Gasteiger partial charge in [-0.15, -0.1) is 5.10 Å². The fraction of sp³-hybridized carbons (Fsp3) is 0.278. The second-order valence-corrected chi connectivity index (χ2v) is 8.73. The molecule has 0 bridgehead atoms. The number of rotatable bonds is 7. The molecule has 10 heteroatoms. The van der Waals surface area contributed by atoms with Gasteiger partial charge >= 0.3 is 5.69 Å². The topological polar surface area (TPSA) is 98.9 Å². The Kier molecular flexibility index (Phi) is 5.05. The number of nitrogens with zero attached hydrogens (tertiary/aromatic N) is 4. The van der Waals surface area contributed by atoms with E-state index >= 15 is 0 Å². The van der Waals surface area contributed by atoms with Crippen molar-refractivity contribution in [2.45, 2.75) is 30.3 Å². The Bertz CT molecular complexity index is 1140. The van der Waals surface area contributed by atoms with Crippen molar-refractivity contribution >= 4 is 21.6 Å². The third-order valence-corrected chi connectivity index (χ3v) is 6.17. The molecular formula is C18H18ClN5O3S. The Morgan fingerprint density at radius 2 is 1.93 bits per heavy atom. The maximum absolute atomic E-state index is 12.8. The number of hydrogen-bond acceptors (Lipinski definition) is 5. The first-order valence-corrected chi connectivity index (χ1v) is 10.7. The Labute approximate surface area is 166 Å². The Morgan fingerprint density at radius 3 is 2.57 bits per heavy atom. The minimum absolute atomic E-state index is 0.0407. The molecule has 1 aliphatic carbocycles. The van der Waals surface area contributed by atoms with Crippen LogP contribution in [0.1, 0.15) is 18.9 Å². The maximum atomic E-state index is 12.8. The van der Waals surface area contributed by atoms with Gasteiger partial charge in [-0.2, -0.15) is 0 Å². The molecule has 8 nitrogen and oxygen atoms in total. The van der Waals surface area contributed by atoms with Gasteiger partial charge in [-0.05, 0) is 49.2 Å². The molecular weight excluding hydrogens is 402 g/mol. The van der Waals surface area contributed by atoms with Crippen molar-refractivity contribution in [1.29, 1.82) is 0 Å². The molecule has 0 radical (unpaired) electrons. The van der Waals surface area contributed by atoms with Crippen molar-refractivity contribution in [3.05, 3.63) is 64.3 Å². The largest absolute Gasteiger partial charge is 0.346 e. The summed E-state index contributed by atoms with van der Waals surface area (Å²) in [7, 11) is -3.69. The number of pyridine rings is 1. The summed E-state index contributed by atoms with van der Waals surface area (Å²) in [4.78, 5) is 17.0. The summed E-state index contributed by atoms with van der Waals surface area (Å²) in [5.74, 6) is 0.557. The minimum Gasteiger partial charge on any atom is -0.272 e. The number of aromatic nitrogens is 4. The van der Waals surface area contributed by atoms with Gasteiger partial charge in [0.15, 0.2) is 5.82 Å². The summed E-state index contributed by atoms with van der Waals surface area (Å²) in [6, 6.07) is 9.66. The van der Waals surface area contributed by atoms with Gasteiger partial charge in [0.05, 0.1) is 11.4 Å². The molecule has 0 amide bonds. The van der Waals surface area contributed by atoms with E-state index in [1.165, 1.54) is 28.9 Å². The first-order chi connectivity index (χ1) is 13.5. The van der Waals surface area contributed by atoms with Crippen LogP contribution >= 0.6 is 11.6 Å². The number of sulfonamides is 1. The van der Waals surface area contributed by atoms with E-state index in [4.69, 9.17) is 11.6 Å². The molecule has 0 atom stereocenters. The fourth-order valence-electron chi connectivity index (χ4n) is 2.90. The predicted octanol–water partition coefficient (Wildman–Crippen LogP) is 2.07. The van der Waals surface area contributed by atoms with Crippen molar-refractivity contribution in [1.82, 2.24) is 24.1 Å². The lowest BCUT2D eigenvalue weighted by Gasteiger charge is -2.06. The van der Waals surface area contributed by atoms with Crippen LogP contribution in [-0.2, 0) is 16.6 Å². The highest BCUT2D eigenvalue weighted by molar-refractivity contribution is 7.89. The van der Waals surface area contributed by atoms with Crippen LogP contribution in [0.5, 0.6) is 0 Å². The van der Waals surface area contributed by atoms with Gasteiger partial charge in [0, 0.05) is 35.6 Å². The summed E-state index contributed by atoms with van der Waals surface area (Å²) < 4.78 is 30.2. The van der Waals surface area contributed by atoms with Gasteiger partial charge in [-0.3, -0.25) is 9.55 Å². The minimum atomic E-state index is -3.69. The molecule has 1 N–H and O–H groups in total. The highest BCUT2D eigenvalue weighted by Crippen LogP contribution is 2.36. The number of halogens is 1. The third kappa shape index (κ3) is 3.87. The third-order valence-electron chi connectivity index (χ3n) is 4.44. The monoisotopic (exact) mass is 419 g/mol. The summed E-state index contributed by atoms with van der Waals surface area (Å²) in [5.41, 5.74) is 0.513. The second kappa shape index (κ2) is 7.50. The zero-order valence-corrected chi connectivity index (χ0v) is 16.4. The highest BCUT2D eigenvalue weighted by Gasteiger charge is 2.30. The van der Waals surface area contributed by atoms with E-state index in [0.29, 0.717) is 10.8 Å². The molecule has 1 saturated carbocycles. The van der Waals surface area contributed by atoms with E-state index in [1.807, 2.05) is 6.07 Å². The lowest BCUT2D eigenvalue weighted by molar-refractivity contribution is 0.547. The molecule has 0 unspecified atom stereocenters. The first-order valence-electron chi connectivity index (χ1n) is 8.81. The fourth-order valence-corrected chi connectivity index (χ4v) is 4.05. The van der Waals surface area contributed by atoms with Crippen molar-refractivity contribution in [3.63, 3.8) is 0 Å². The van der Waals surface area contributed by atoms with Gasteiger partial charge < -0.3 is 0 Å². The predicted molar refractivity (Wildman–Crippen MR) is 105 cm³/mol. The molecule has 3 aromatic rings. The van der Waals surface area contributed by atoms with Gasteiger partial charge in [0.25, 0.3) is 0 Å². The Morgan fingerprint density at radius 1 is 1.18 bits per heavy atom. The zero-order valence-electron chi connectivity index (χ0n) is 14.8. The molecule has 2 aromatic heterocycles. The van der Waals surface area contributed by atoms with E-state index in [1.54, 1.807) is 23.0 Å².